The first-order chi connectivity index (χ1) is 15.2. The monoisotopic (exact) mass is 466 g/mol. The van der Waals surface area contributed by atoms with Crippen LogP contribution in [0.3, 0.4) is 0 Å². The van der Waals surface area contributed by atoms with Crippen molar-refractivity contribution < 1.29 is 22.4 Å². The van der Waals surface area contributed by atoms with Gasteiger partial charge in [-0.2, -0.15) is 18.2 Å². The molecule has 0 saturated heterocycles. The molecule has 32 heavy (non-hydrogen) atoms. The summed E-state index contributed by atoms with van der Waals surface area (Å²) in [6.07, 6.45) is -0.847. The maximum atomic E-state index is 15.0. The topological polar surface area (TPSA) is 75.9 Å². The Morgan fingerprint density at radius 3 is 2.69 bits per heavy atom. The van der Waals surface area contributed by atoms with Crippen LogP contribution in [-0.4, -0.2) is 32.0 Å². The number of alkyl halides is 3. The minimum absolute atomic E-state index is 0.00110. The summed E-state index contributed by atoms with van der Waals surface area (Å²) in [6, 6.07) is 4.11. The van der Waals surface area contributed by atoms with Crippen LogP contribution in [0.2, 0.25) is 5.28 Å². The van der Waals surface area contributed by atoms with Gasteiger partial charge in [0, 0.05) is 18.8 Å². The number of fused-ring (bicyclic) bond motifs is 1. The van der Waals surface area contributed by atoms with Crippen LogP contribution in [-0.2, 0) is 17.5 Å². The van der Waals surface area contributed by atoms with E-state index in [0.717, 1.165) is 19.0 Å². The molecule has 0 bridgehead atoms. The Hall–Kier alpha value is -3.21. The van der Waals surface area contributed by atoms with Crippen LogP contribution in [0.15, 0.2) is 30.6 Å². The van der Waals surface area contributed by atoms with Crippen molar-refractivity contribution in [2.45, 2.75) is 31.6 Å². The molecule has 3 aromatic rings. The van der Waals surface area contributed by atoms with Crippen LogP contribution >= 0.6 is 11.6 Å². The molecule has 1 aliphatic carbocycles. The predicted molar refractivity (Wildman–Crippen MR) is 108 cm³/mol. The zero-order valence-electron chi connectivity index (χ0n) is 16.3. The molecule has 1 saturated carbocycles. The summed E-state index contributed by atoms with van der Waals surface area (Å²) < 4.78 is 55.9. The van der Waals surface area contributed by atoms with Crippen LogP contribution in [0.4, 0.5) is 29.1 Å². The van der Waals surface area contributed by atoms with Gasteiger partial charge in [0.05, 0.1) is 18.3 Å². The third-order valence-corrected chi connectivity index (χ3v) is 5.44. The number of rotatable bonds is 4. The highest BCUT2D eigenvalue weighted by molar-refractivity contribution is 6.28. The normalized spacial score (nSPS) is 16.2. The Balaban J connectivity index is 1.46. The lowest BCUT2D eigenvalue weighted by Crippen LogP contribution is -2.38. The van der Waals surface area contributed by atoms with E-state index in [0.29, 0.717) is 17.1 Å². The van der Waals surface area contributed by atoms with Crippen LogP contribution in [0.1, 0.15) is 30.1 Å². The Labute approximate surface area is 184 Å². The fourth-order valence-electron chi connectivity index (χ4n) is 3.67. The molecule has 2 aliphatic rings. The largest absolute Gasteiger partial charge is 0.434 e. The van der Waals surface area contributed by atoms with Crippen molar-refractivity contribution in [1.82, 2.24) is 19.5 Å². The summed E-state index contributed by atoms with van der Waals surface area (Å²) in [6.45, 7) is 0.112. The van der Waals surface area contributed by atoms with Gasteiger partial charge < -0.3 is 14.8 Å². The minimum Gasteiger partial charge on any atom is -0.341 e. The predicted octanol–water partition coefficient (Wildman–Crippen LogP) is 4.45. The van der Waals surface area contributed by atoms with E-state index in [-0.39, 0.29) is 41.7 Å². The lowest BCUT2D eigenvalue weighted by Gasteiger charge is -2.29. The van der Waals surface area contributed by atoms with Crippen molar-refractivity contribution in [2.75, 3.05) is 16.8 Å². The summed E-state index contributed by atoms with van der Waals surface area (Å²) in [5.74, 6) is -0.642. The second-order valence-corrected chi connectivity index (χ2v) is 8.02. The first-order valence-electron chi connectivity index (χ1n) is 9.71. The number of aromatic nitrogens is 4. The van der Waals surface area contributed by atoms with Gasteiger partial charge in [0.15, 0.2) is 11.5 Å². The molecular weight excluding hydrogens is 452 g/mol. The highest BCUT2D eigenvalue weighted by Gasteiger charge is 2.38. The molecule has 3 heterocycles. The van der Waals surface area contributed by atoms with E-state index in [1.165, 1.54) is 22.9 Å². The average Bonchev–Trinajstić information content (AvgIpc) is 3.46. The highest BCUT2D eigenvalue weighted by atomic mass is 35.5. The molecular formula is C20H15ClF4N6O. The van der Waals surface area contributed by atoms with Crippen LogP contribution < -0.4 is 10.2 Å². The number of nitrogens with zero attached hydrogens (tertiary/aromatic N) is 5. The molecule has 0 unspecified atom stereocenters. The second-order valence-electron chi connectivity index (χ2n) is 7.68. The Bertz CT molecular complexity index is 1220. The van der Waals surface area contributed by atoms with Crippen molar-refractivity contribution in [3.63, 3.8) is 0 Å². The third-order valence-electron chi connectivity index (χ3n) is 5.26. The highest BCUT2D eigenvalue weighted by Crippen LogP contribution is 2.41. The van der Waals surface area contributed by atoms with E-state index < -0.39 is 17.7 Å². The van der Waals surface area contributed by atoms with E-state index in [1.54, 1.807) is 11.0 Å². The molecule has 0 atom stereocenters. The van der Waals surface area contributed by atoms with E-state index in [4.69, 9.17) is 11.6 Å². The number of hydrogen-bond donors (Lipinski definition) is 1. The zero-order valence-corrected chi connectivity index (χ0v) is 17.1. The number of hydrogen-bond acceptors (Lipinski definition) is 5. The molecule has 166 valence electrons. The molecule has 0 spiro atoms. The lowest BCUT2D eigenvalue weighted by atomic mass is 10.1. The number of amides is 1. The fourth-order valence-corrected chi connectivity index (χ4v) is 3.80. The summed E-state index contributed by atoms with van der Waals surface area (Å²) in [7, 11) is 0. The van der Waals surface area contributed by atoms with Gasteiger partial charge in [-0.25, -0.2) is 14.4 Å². The van der Waals surface area contributed by atoms with E-state index in [2.05, 4.69) is 20.3 Å². The van der Waals surface area contributed by atoms with Gasteiger partial charge in [-0.05, 0) is 42.1 Å². The van der Waals surface area contributed by atoms with Crippen LogP contribution in [0.5, 0.6) is 0 Å². The first-order valence-corrected chi connectivity index (χ1v) is 10.1. The smallest absolute Gasteiger partial charge is 0.341 e. The van der Waals surface area contributed by atoms with Crippen LogP contribution in [0.25, 0.3) is 11.4 Å². The molecule has 1 fully saturated rings. The molecule has 7 nitrogen and oxygen atoms in total. The second kappa shape index (κ2) is 7.44. The molecule has 12 heteroatoms. The number of benzene rings is 1. The maximum absolute atomic E-state index is 15.0. The number of imidazole rings is 1. The molecule has 0 radical (unpaired) electrons. The summed E-state index contributed by atoms with van der Waals surface area (Å²) in [5.41, 5.74) is -0.176. The summed E-state index contributed by atoms with van der Waals surface area (Å²) in [5, 5.41) is 2.64. The summed E-state index contributed by atoms with van der Waals surface area (Å²) in [4.78, 5) is 25.2. The van der Waals surface area contributed by atoms with Crippen molar-refractivity contribution in [1.29, 1.82) is 0 Å². The number of carbonyl (C=O) groups is 1. The first kappa shape index (κ1) is 20.7. The van der Waals surface area contributed by atoms with Gasteiger partial charge in [-0.15, -0.1) is 0 Å². The maximum Gasteiger partial charge on any atom is 0.434 e. The van der Waals surface area contributed by atoms with Gasteiger partial charge in [-0.1, -0.05) is 6.07 Å². The number of halogens is 5. The van der Waals surface area contributed by atoms with Crippen molar-refractivity contribution in [2.24, 2.45) is 0 Å². The Morgan fingerprint density at radius 1 is 1.22 bits per heavy atom. The lowest BCUT2D eigenvalue weighted by molar-refractivity contribution is -0.140. The van der Waals surface area contributed by atoms with Gasteiger partial charge in [0.2, 0.25) is 11.2 Å². The quantitative estimate of drug-likeness (QED) is 0.454. The van der Waals surface area contributed by atoms with Crippen molar-refractivity contribution in [3.8, 4) is 11.4 Å². The van der Waals surface area contributed by atoms with E-state index in [9.17, 15) is 18.0 Å². The third kappa shape index (κ3) is 3.88. The molecule has 1 N–H and O–H groups in total. The minimum atomic E-state index is -4.61. The Kier molecular flexibility index (Phi) is 4.81. The SMILES string of the molecule is O=C1CN(Cc2ccc(-c3nc(C(F)(F)F)cn3C3CC3)c(F)c2)c2nc(Cl)ncc2N1. The van der Waals surface area contributed by atoms with Crippen molar-refractivity contribution in [3.05, 3.63) is 53.0 Å². The standard InChI is InChI=1S/C20H15ClF4N6O/c21-19-26-6-14-18(29-19)30(9-16(32)27-14)7-10-1-4-12(13(22)5-10)17-28-15(20(23,24)25)8-31(17)11-2-3-11/h1,4-6,8,11H,2-3,7,9H2,(H,27,32). The van der Waals surface area contributed by atoms with Gasteiger partial charge in [0.25, 0.3) is 0 Å². The van der Waals surface area contributed by atoms with Gasteiger partial charge in [-0.3, -0.25) is 4.79 Å². The molecule has 1 amide bonds. The van der Waals surface area contributed by atoms with Gasteiger partial charge in [0.1, 0.15) is 17.3 Å². The summed E-state index contributed by atoms with van der Waals surface area (Å²) >= 11 is 5.86. The molecule has 2 aromatic heterocycles. The fraction of sp³-hybridized carbons (Fsp3) is 0.300. The van der Waals surface area contributed by atoms with E-state index in [1.807, 2.05) is 0 Å². The molecule has 1 aromatic carbocycles. The molecule has 1 aliphatic heterocycles. The average molecular weight is 467 g/mol. The number of nitrogens with one attached hydrogen (secondary N) is 1. The number of anilines is 2. The van der Waals surface area contributed by atoms with E-state index >= 15 is 4.39 Å². The zero-order chi connectivity index (χ0) is 22.6. The van der Waals surface area contributed by atoms with Gasteiger partial charge >= 0.3 is 6.18 Å². The number of carbonyl (C=O) groups excluding carboxylic acids is 1. The van der Waals surface area contributed by atoms with Crippen molar-refractivity contribution >= 4 is 29.0 Å². The molecule has 5 rings (SSSR count). The van der Waals surface area contributed by atoms with Crippen LogP contribution in [0, 0.1) is 5.82 Å². The Morgan fingerprint density at radius 2 is 2.00 bits per heavy atom.